The summed E-state index contributed by atoms with van der Waals surface area (Å²) in [6.45, 7) is 4.38. The molecule has 0 radical (unpaired) electrons. The first-order valence-electron chi connectivity index (χ1n) is 15.0. The number of esters is 1. The van der Waals surface area contributed by atoms with Crippen LogP contribution in [0, 0.1) is 0 Å². The van der Waals surface area contributed by atoms with Crippen LogP contribution in [-0.2, 0) is 14.3 Å². The second-order valence-corrected chi connectivity index (χ2v) is 12.0. The van der Waals surface area contributed by atoms with Crippen molar-refractivity contribution in [3.05, 3.63) is 70.1 Å². The summed E-state index contributed by atoms with van der Waals surface area (Å²) in [5, 5.41) is 13.5. The first kappa shape index (κ1) is 29.3. The number of fused-ring (bicyclic) bond motifs is 2. The highest BCUT2D eigenvalue weighted by Crippen LogP contribution is 2.60. The van der Waals surface area contributed by atoms with Gasteiger partial charge in [-0.1, -0.05) is 55.7 Å². The molecular weight excluding hydrogens is 520 g/mol. The molecular formula is C33H42N2O6. The predicted molar refractivity (Wildman–Crippen MR) is 155 cm³/mol. The summed E-state index contributed by atoms with van der Waals surface area (Å²) < 4.78 is 12.4. The lowest BCUT2D eigenvalue weighted by Gasteiger charge is -2.32. The molecule has 4 N–H and O–H groups in total. The van der Waals surface area contributed by atoms with Gasteiger partial charge < -0.3 is 25.6 Å². The normalized spacial score (nSPS) is 26.7. The van der Waals surface area contributed by atoms with Gasteiger partial charge in [0.2, 0.25) is 5.78 Å². The zero-order chi connectivity index (χ0) is 29.3. The van der Waals surface area contributed by atoms with E-state index in [1.165, 1.54) is 0 Å². The topological polar surface area (TPSA) is 131 Å². The summed E-state index contributed by atoms with van der Waals surface area (Å²) >= 11 is 0. The lowest BCUT2D eigenvalue weighted by Crippen LogP contribution is -2.52. The number of dihydropyridines is 1. The number of Topliss-reactive ketones (excluding diaryl/α,β-unsaturated/α-hetero) is 2. The number of nitrogens with one attached hydrogen (secondary N) is 1. The largest absolute Gasteiger partial charge is 0.456 e. The third-order valence-corrected chi connectivity index (χ3v) is 9.36. The Kier molecular flexibility index (Phi) is 8.26. The van der Waals surface area contributed by atoms with Crippen molar-refractivity contribution < 1.29 is 29.0 Å². The molecule has 5 rings (SSSR count). The van der Waals surface area contributed by atoms with Gasteiger partial charge in [0, 0.05) is 24.1 Å². The molecule has 0 spiro atoms. The van der Waals surface area contributed by atoms with Crippen LogP contribution in [0.2, 0.25) is 0 Å². The number of aliphatic hydroxyl groups is 1. The first-order valence-corrected chi connectivity index (χ1v) is 15.0. The van der Waals surface area contributed by atoms with E-state index < -0.39 is 34.3 Å². The number of epoxide rings is 1. The number of nitrogens with two attached hydrogens (primary N) is 1. The standard InChI is InChI=1S/C33H42N2O6/c1-3-4-7-15-31(16-8-9-17-31)40-30(39)33-29(38)26-11-6-5-10-25(26)28(37)32(33,41-33)20-24(21-36)22(2)12-13-23-14-18-35-27(34)19-23/h5-6,10-11,14,19,35-36H,3-4,7-9,12-13,15-18,20-21,34H2,1-2H3/b24-22-/t32-,33-/m0/s1. The summed E-state index contributed by atoms with van der Waals surface area (Å²) in [7, 11) is 0. The van der Waals surface area contributed by atoms with Gasteiger partial charge in [-0.25, -0.2) is 4.79 Å². The van der Waals surface area contributed by atoms with Crippen LogP contribution in [0.1, 0.15) is 105 Å². The van der Waals surface area contributed by atoms with Crippen molar-refractivity contribution in [3.8, 4) is 0 Å². The molecule has 220 valence electrons. The number of hydrogen-bond acceptors (Lipinski definition) is 8. The van der Waals surface area contributed by atoms with Gasteiger partial charge in [0.05, 0.1) is 12.4 Å². The maximum Gasteiger partial charge on any atom is 0.350 e. The van der Waals surface area contributed by atoms with Crippen molar-refractivity contribution in [1.82, 2.24) is 5.32 Å². The number of unbranched alkanes of at least 4 members (excludes halogenated alkanes) is 2. The highest BCUT2D eigenvalue weighted by atomic mass is 16.7. The lowest BCUT2D eigenvalue weighted by molar-refractivity contribution is -0.164. The van der Waals surface area contributed by atoms with Gasteiger partial charge >= 0.3 is 5.97 Å². The summed E-state index contributed by atoms with van der Waals surface area (Å²) in [5.41, 5.74) is 4.49. The van der Waals surface area contributed by atoms with E-state index in [0.29, 0.717) is 30.8 Å². The maximum atomic E-state index is 14.1. The van der Waals surface area contributed by atoms with Crippen LogP contribution in [0.15, 0.2) is 59.0 Å². The van der Waals surface area contributed by atoms with Gasteiger partial charge in [0.1, 0.15) is 5.60 Å². The zero-order valence-electron chi connectivity index (χ0n) is 24.2. The molecule has 1 saturated heterocycles. The number of benzene rings is 1. The van der Waals surface area contributed by atoms with E-state index in [1.54, 1.807) is 24.3 Å². The molecule has 1 aromatic carbocycles. The number of allylic oxidation sites excluding steroid dienone is 3. The molecule has 2 fully saturated rings. The fourth-order valence-corrected chi connectivity index (χ4v) is 6.82. The number of rotatable bonds is 12. The van der Waals surface area contributed by atoms with Crippen LogP contribution >= 0.6 is 0 Å². The minimum Gasteiger partial charge on any atom is -0.456 e. The molecule has 4 aliphatic rings. The molecule has 0 amide bonds. The molecule has 8 nitrogen and oxygen atoms in total. The number of ketones is 2. The number of carbonyl (C=O) groups excluding carboxylic acids is 3. The zero-order valence-corrected chi connectivity index (χ0v) is 24.2. The summed E-state index contributed by atoms with van der Waals surface area (Å²) in [5.74, 6) is -1.10. The van der Waals surface area contributed by atoms with E-state index in [2.05, 4.69) is 18.3 Å². The van der Waals surface area contributed by atoms with Crippen molar-refractivity contribution in [3.63, 3.8) is 0 Å². The second kappa shape index (κ2) is 11.6. The number of hydrogen-bond donors (Lipinski definition) is 3. The number of aliphatic hydroxyl groups excluding tert-OH is 1. The molecule has 1 saturated carbocycles. The van der Waals surface area contributed by atoms with Gasteiger partial charge in [0.25, 0.3) is 5.60 Å². The molecule has 0 unspecified atom stereocenters. The van der Waals surface area contributed by atoms with E-state index in [9.17, 15) is 19.5 Å². The Hall–Kier alpha value is -3.23. The van der Waals surface area contributed by atoms with E-state index in [0.717, 1.165) is 62.5 Å². The van der Waals surface area contributed by atoms with Crippen molar-refractivity contribution in [2.24, 2.45) is 5.73 Å². The number of carbonyl (C=O) groups is 3. The SMILES string of the molecule is CCCCCC1(OC(=O)[C@]23O[C@@]2(C/C(CO)=C(\C)CCC2=CCNC(N)=C2)C(=O)c2ccccc2C3=O)CCCC1. The Morgan fingerprint density at radius 1 is 1.12 bits per heavy atom. The van der Waals surface area contributed by atoms with E-state index >= 15 is 0 Å². The van der Waals surface area contributed by atoms with Crippen LogP contribution in [-0.4, -0.2) is 52.6 Å². The molecule has 2 aliphatic carbocycles. The Morgan fingerprint density at radius 3 is 2.49 bits per heavy atom. The third kappa shape index (κ3) is 5.17. The van der Waals surface area contributed by atoms with Crippen LogP contribution in [0.3, 0.4) is 0 Å². The van der Waals surface area contributed by atoms with Crippen LogP contribution in [0.4, 0.5) is 0 Å². The van der Waals surface area contributed by atoms with E-state index in [4.69, 9.17) is 15.2 Å². The van der Waals surface area contributed by atoms with Gasteiger partial charge in [0.15, 0.2) is 11.4 Å². The van der Waals surface area contributed by atoms with E-state index in [-0.39, 0.29) is 24.2 Å². The highest BCUT2D eigenvalue weighted by molar-refractivity contribution is 6.33. The molecule has 2 atom stereocenters. The Labute approximate surface area is 242 Å². The fraction of sp³-hybridized carbons (Fsp3) is 0.545. The molecule has 41 heavy (non-hydrogen) atoms. The molecule has 1 aromatic rings. The molecule has 8 heteroatoms. The van der Waals surface area contributed by atoms with E-state index in [1.807, 2.05) is 13.0 Å². The molecule has 0 bridgehead atoms. The van der Waals surface area contributed by atoms with Crippen molar-refractivity contribution in [1.29, 1.82) is 0 Å². The minimum atomic E-state index is -2.03. The number of ether oxygens (including phenoxy) is 2. The predicted octanol–water partition coefficient (Wildman–Crippen LogP) is 4.82. The Morgan fingerprint density at radius 2 is 1.83 bits per heavy atom. The lowest BCUT2D eigenvalue weighted by atomic mass is 9.71. The van der Waals surface area contributed by atoms with Crippen LogP contribution in [0.5, 0.6) is 0 Å². The summed E-state index contributed by atoms with van der Waals surface area (Å²) in [6, 6.07) is 6.56. The van der Waals surface area contributed by atoms with Crippen molar-refractivity contribution >= 4 is 17.5 Å². The minimum absolute atomic E-state index is 0.0508. The van der Waals surface area contributed by atoms with Gasteiger partial charge in [-0.05, 0) is 75.5 Å². The van der Waals surface area contributed by atoms with Crippen molar-refractivity contribution in [2.45, 2.75) is 101 Å². The van der Waals surface area contributed by atoms with Crippen molar-refractivity contribution in [2.75, 3.05) is 13.2 Å². The maximum absolute atomic E-state index is 14.1. The second-order valence-electron chi connectivity index (χ2n) is 12.0. The smallest absolute Gasteiger partial charge is 0.350 e. The van der Waals surface area contributed by atoms with Crippen LogP contribution < -0.4 is 11.1 Å². The molecule has 0 aromatic heterocycles. The van der Waals surface area contributed by atoms with Crippen LogP contribution in [0.25, 0.3) is 0 Å². The quantitative estimate of drug-likeness (QED) is 0.109. The van der Waals surface area contributed by atoms with Gasteiger partial charge in [-0.15, -0.1) is 0 Å². The fourth-order valence-electron chi connectivity index (χ4n) is 6.82. The molecule has 2 heterocycles. The Balaban J connectivity index is 1.46. The summed E-state index contributed by atoms with van der Waals surface area (Å²) in [6.07, 6.45) is 12.4. The van der Waals surface area contributed by atoms with Gasteiger partial charge in [-0.2, -0.15) is 0 Å². The Bertz CT molecular complexity index is 1320. The highest BCUT2D eigenvalue weighted by Gasteiger charge is 2.86. The third-order valence-electron chi connectivity index (χ3n) is 9.36. The monoisotopic (exact) mass is 562 g/mol. The summed E-state index contributed by atoms with van der Waals surface area (Å²) in [4.78, 5) is 42.2. The molecule has 2 aliphatic heterocycles. The average molecular weight is 563 g/mol. The average Bonchev–Trinajstić information content (AvgIpc) is 3.48. The van der Waals surface area contributed by atoms with Gasteiger partial charge in [-0.3, -0.25) is 9.59 Å². The first-order chi connectivity index (χ1) is 19.7.